The maximum atomic E-state index is 13.6. The number of anilines is 2. The average Bonchev–Trinajstić information content (AvgIpc) is 3.58. The lowest BCUT2D eigenvalue weighted by Gasteiger charge is -2.23. The molecule has 42 heavy (non-hydrogen) atoms. The Labute approximate surface area is 242 Å². The number of nitrogens with one attached hydrogen (secondary N) is 2. The number of ether oxygens (including phenoxy) is 1. The molecule has 4 N–H and O–H groups in total. The fraction of sp³-hybridized carbons (Fsp3) is 0.300. The van der Waals surface area contributed by atoms with Gasteiger partial charge in [0.05, 0.1) is 24.2 Å². The SMILES string of the molecule is COc1cc(-c2nn(C3CCNCC3)c3ncnc(N)c23)ccc1NC(=O)c1cc2ccccc2n1CC(=O)N(C)C. The van der Waals surface area contributed by atoms with Gasteiger partial charge in [0, 0.05) is 30.6 Å². The molecule has 1 fully saturated rings. The number of hydrogen-bond donors (Lipinski definition) is 3. The fourth-order valence-corrected chi connectivity index (χ4v) is 5.48. The van der Waals surface area contributed by atoms with Crippen LogP contribution in [0.2, 0.25) is 0 Å². The standard InChI is InChI=1S/C30H33N9O3/c1-37(2)25(40)16-38-22-7-5-4-6-18(22)14-23(38)30(41)35-21-9-8-19(15-24(21)42-3)27-26-28(31)33-17-34-29(26)39(36-27)20-10-12-32-13-11-20/h4-9,14-15,17,20,32H,10-13,16H2,1-3H3,(H,35,41)(H2,31,33,34). The maximum absolute atomic E-state index is 13.6. The van der Waals surface area contributed by atoms with Gasteiger partial charge in [-0.2, -0.15) is 5.10 Å². The largest absolute Gasteiger partial charge is 0.495 e. The summed E-state index contributed by atoms with van der Waals surface area (Å²) in [6, 6.07) is 15.0. The van der Waals surface area contributed by atoms with E-state index in [0.717, 1.165) is 42.4 Å². The van der Waals surface area contributed by atoms with Crippen molar-refractivity contribution in [2.75, 3.05) is 45.3 Å². The second-order valence-electron chi connectivity index (χ2n) is 10.6. The molecule has 0 spiro atoms. The Balaban J connectivity index is 1.36. The predicted molar refractivity (Wildman–Crippen MR) is 161 cm³/mol. The van der Waals surface area contributed by atoms with Gasteiger partial charge in [-0.25, -0.2) is 14.6 Å². The van der Waals surface area contributed by atoms with Gasteiger partial charge in [-0.1, -0.05) is 24.3 Å². The smallest absolute Gasteiger partial charge is 0.272 e. The van der Waals surface area contributed by atoms with Crippen molar-refractivity contribution in [2.24, 2.45) is 0 Å². The molecule has 0 radical (unpaired) electrons. The first-order valence-electron chi connectivity index (χ1n) is 13.8. The van der Waals surface area contributed by atoms with Crippen molar-refractivity contribution in [3.63, 3.8) is 0 Å². The Bertz CT molecular complexity index is 1800. The lowest BCUT2D eigenvalue weighted by atomic mass is 10.1. The summed E-state index contributed by atoms with van der Waals surface area (Å²) in [5.41, 5.74) is 10.1. The highest BCUT2D eigenvalue weighted by Crippen LogP contribution is 2.37. The third-order valence-electron chi connectivity index (χ3n) is 7.73. The molecule has 3 aromatic heterocycles. The normalized spacial score (nSPS) is 13.9. The number of benzene rings is 2. The average molecular weight is 568 g/mol. The number of nitrogens with zero attached hydrogens (tertiary/aromatic N) is 6. The van der Waals surface area contributed by atoms with E-state index in [1.165, 1.54) is 11.2 Å². The molecule has 5 aromatic rings. The number of aromatic nitrogens is 5. The third kappa shape index (κ3) is 4.90. The molecule has 0 aliphatic carbocycles. The lowest BCUT2D eigenvalue weighted by Crippen LogP contribution is -2.30. The summed E-state index contributed by atoms with van der Waals surface area (Å²) >= 11 is 0. The maximum Gasteiger partial charge on any atom is 0.272 e. The minimum atomic E-state index is -0.359. The van der Waals surface area contributed by atoms with Crippen LogP contribution in [-0.4, -0.2) is 75.3 Å². The molecule has 1 aliphatic heterocycles. The van der Waals surface area contributed by atoms with Crippen LogP contribution in [0.1, 0.15) is 29.4 Å². The second kappa shape index (κ2) is 11.1. The van der Waals surface area contributed by atoms with Gasteiger partial charge in [0.2, 0.25) is 5.91 Å². The number of likely N-dealkylation sites (N-methyl/N-ethyl adjacent to an activating group) is 1. The summed E-state index contributed by atoms with van der Waals surface area (Å²) in [6.45, 7) is 1.86. The minimum Gasteiger partial charge on any atom is -0.495 e. The van der Waals surface area contributed by atoms with Crippen LogP contribution >= 0.6 is 0 Å². The lowest BCUT2D eigenvalue weighted by molar-refractivity contribution is -0.129. The van der Waals surface area contributed by atoms with E-state index in [0.29, 0.717) is 39.7 Å². The molecule has 0 unspecified atom stereocenters. The fourth-order valence-electron chi connectivity index (χ4n) is 5.48. The van der Waals surface area contributed by atoms with Crippen LogP contribution in [-0.2, 0) is 11.3 Å². The van der Waals surface area contributed by atoms with E-state index in [2.05, 4.69) is 20.6 Å². The Morgan fingerprint density at radius 2 is 1.90 bits per heavy atom. The van der Waals surface area contributed by atoms with E-state index in [1.807, 2.05) is 41.1 Å². The molecule has 1 saturated heterocycles. The van der Waals surface area contributed by atoms with Gasteiger partial charge in [0.1, 0.15) is 35.8 Å². The van der Waals surface area contributed by atoms with Crippen LogP contribution in [0.3, 0.4) is 0 Å². The molecule has 0 saturated carbocycles. The molecule has 216 valence electrons. The number of rotatable bonds is 7. The van der Waals surface area contributed by atoms with Crippen molar-refractivity contribution in [3.05, 3.63) is 60.6 Å². The predicted octanol–water partition coefficient (Wildman–Crippen LogP) is 3.30. The van der Waals surface area contributed by atoms with Crippen molar-refractivity contribution >= 4 is 45.3 Å². The van der Waals surface area contributed by atoms with E-state index in [-0.39, 0.29) is 24.4 Å². The molecule has 0 atom stereocenters. The highest BCUT2D eigenvalue weighted by atomic mass is 16.5. The molecule has 12 heteroatoms. The van der Waals surface area contributed by atoms with Gasteiger partial charge in [-0.15, -0.1) is 0 Å². The number of para-hydroxylation sites is 1. The molecule has 1 aliphatic rings. The van der Waals surface area contributed by atoms with Crippen molar-refractivity contribution in [1.82, 2.24) is 34.5 Å². The summed E-state index contributed by atoms with van der Waals surface area (Å²) in [7, 11) is 4.93. The van der Waals surface area contributed by atoms with Gasteiger partial charge in [-0.05, 0) is 50.2 Å². The number of nitrogen functional groups attached to an aromatic ring is 1. The summed E-state index contributed by atoms with van der Waals surface area (Å²) in [6.07, 6.45) is 3.34. The van der Waals surface area contributed by atoms with Gasteiger partial charge < -0.3 is 30.6 Å². The van der Waals surface area contributed by atoms with Crippen LogP contribution in [0.15, 0.2) is 54.9 Å². The molecule has 0 bridgehead atoms. The minimum absolute atomic E-state index is 0.0373. The zero-order chi connectivity index (χ0) is 29.4. The Kier molecular flexibility index (Phi) is 7.21. The number of hydrogen-bond acceptors (Lipinski definition) is 8. The summed E-state index contributed by atoms with van der Waals surface area (Å²) in [5.74, 6) is 0.327. The van der Waals surface area contributed by atoms with Gasteiger partial charge >= 0.3 is 0 Å². The Morgan fingerprint density at radius 1 is 1.12 bits per heavy atom. The van der Waals surface area contributed by atoms with Gasteiger partial charge in [0.25, 0.3) is 5.91 Å². The van der Waals surface area contributed by atoms with Crippen LogP contribution in [0.4, 0.5) is 11.5 Å². The Morgan fingerprint density at radius 3 is 2.67 bits per heavy atom. The van der Waals surface area contributed by atoms with Crippen molar-refractivity contribution in [1.29, 1.82) is 0 Å². The first-order valence-corrected chi connectivity index (χ1v) is 13.8. The van der Waals surface area contributed by atoms with E-state index in [9.17, 15) is 9.59 Å². The number of nitrogens with two attached hydrogens (primary N) is 1. The van der Waals surface area contributed by atoms with Crippen molar-refractivity contribution in [2.45, 2.75) is 25.4 Å². The van der Waals surface area contributed by atoms with E-state index in [4.69, 9.17) is 15.6 Å². The number of fused-ring (bicyclic) bond motifs is 2. The van der Waals surface area contributed by atoms with Gasteiger partial charge in [0.15, 0.2) is 5.65 Å². The number of amides is 2. The monoisotopic (exact) mass is 567 g/mol. The third-order valence-corrected chi connectivity index (χ3v) is 7.73. The highest BCUT2D eigenvalue weighted by molar-refractivity contribution is 6.08. The molecule has 4 heterocycles. The summed E-state index contributed by atoms with van der Waals surface area (Å²) < 4.78 is 9.40. The van der Waals surface area contributed by atoms with E-state index >= 15 is 0 Å². The first kappa shape index (κ1) is 27.2. The summed E-state index contributed by atoms with van der Waals surface area (Å²) in [4.78, 5) is 36.5. The zero-order valence-corrected chi connectivity index (χ0v) is 23.8. The highest BCUT2D eigenvalue weighted by Gasteiger charge is 2.25. The Hall–Kier alpha value is -4.97. The first-order chi connectivity index (χ1) is 20.4. The number of carbonyl (C=O) groups is 2. The van der Waals surface area contributed by atoms with Crippen molar-refractivity contribution < 1.29 is 14.3 Å². The van der Waals surface area contributed by atoms with Crippen LogP contribution < -0.4 is 21.1 Å². The number of piperidine rings is 1. The zero-order valence-electron chi connectivity index (χ0n) is 23.8. The van der Waals surface area contributed by atoms with Crippen LogP contribution in [0, 0.1) is 0 Å². The number of carbonyl (C=O) groups excluding carboxylic acids is 2. The summed E-state index contributed by atoms with van der Waals surface area (Å²) in [5, 5.41) is 12.9. The molecule has 2 amide bonds. The quantitative estimate of drug-likeness (QED) is 0.272. The molecule has 12 nitrogen and oxygen atoms in total. The molecular formula is C30H33N9O3. The van der Waals surface area contributed by atoms with Crippen LogP contribution in [0.5, 0.6) is 5.75 Å². The van der Waals surface area contributed by atoms with Gasteiger partial charge in [-0.3, -0.25) is 9.59 Å². The number of methoxy groups -OCH3 is 1. The molecule has 2 aromatic carbocycles. The van der Waals surface area contributed by atoms with Crippen molar-refractivity contribution in [3.8, 4) is 17.0 Å². The van der Waals surface area contributed by atoms with E-state index < -0.39 is 0 Å². The second-order valence-corrected chi connectivity index (χ2v) is 10.6. The topological polar surface area (TPSA) is 145 Å². The molecule has 6 rings (SSSR count). The van der Waals surface area contributed by atoms with Crippen LogP contribution in [0.25, 0.3) is 33.2 Å². The van der Waals surface area contributed by atoms with E-state index in [1.54, 1.807) is 37.9 Å². The molecular weight excluding hydrogens is 534 g/mol.